The fourth-order valence-corrected chi connectivity index (χ4v) is 2.46. The molecule has 2 aromatic rings. The smallest absolute Gasteiger partial charge is 0.335 e. The fraction of sp³-hybridized carbons (Fsp3) is 0.118. The molecule has 0 atom stereocenters. The standard InChI is InChI=1S/C17H15N3O3/c1-11-6-3-4-8-14(11)20-16(22)13(15(21)18-17(20)23)10-12-7-5-9-19(12)2/h3-10H,1-2H3,(H,18,21,23)/b13-10-. The number of anilines is 1. The van der Waals surface area contributed by atoms with Crippen molar-refractivity contribution >= 4 is 29.6 Å². The van der Waals surface area contributed by atoms with Crippen LogP contribution in [0.15, 0.2) is 48.2 Å². The first-order valence-corrected chi connectivity index (χ1v) is 7.07. The molecule has 6 heteroatoms. The number of carbonyl (C=O) groups is 3. The summed E-state index contributed by atoms with van der Waals surface area (Å²) in [4.78, 5) is 37.9. The molecule has 116 valence electrons. The van der Waals surface area contributed by atoms with Gasteiger partial charge in [0.05, 0.1) is 5.69 Å². The number of rotatable bonds is 2. The van der Waals surface area contributed by atoms with Crippen molar-refractivity contribution in [2.75, 3.05) is 4.90 Å². The minimum absolute atomic E-state index is 0.0744. The number of hydrogen-bond donors (Lipinski definition) is 1. The maximum atomic E-state index is 12.7. The summed E-state index contributed by atoms with van der Waals surface area (Å²) in [6.45, 7) is 1.80. The Balaban J connectivity index is 2.07. The van der Waals surface area contributed by atoms with Gasteiger partial charge in [-0.3, -0.25) is 14.9 Å². The first kappa shape index (κ1) is 14.8. The van der Waals surface area contributed by atoms with Crippen LogP contribution in [0.2, 0.25) is 0 Å². The van der Waals surface area contributed by atoms with Crippen LogP contribution in [-0.4, -0.2) is 22.4 Å². The Labute approximate surface area is 133 Å². The molecule has 0 radical (unpaired) electrons. The first-order valence-electron chi connectivity index (χ1n) is 7.07. The molecule has 0 unspecified atom stereocenters. The third-order valence-electron chi connectivity index (χ3n) is 3.73. The van der Waals surface area contributed by atoms with Crippen LogP contribution in [0, 0.1) is 6.92 Å². The maximum absolute atomic E-state index is 12.7. The van der Waals surface area contributed by atoms with Crippen molar-refractivity contribution in [1.29, 1.82) is 0 Å². The zero-order valence-electron chi connectivity index (χ0n) is 12.7. The lowest BCUT2D eigenvalue weighted by Crippen LogP contribution is -2.54. The highest BCUT2D eigenvalue weighted by molar-refractivity contribution is 6.39. The molecule has 0 aliphatic carbocycles. The molecule has 1 fully saturated rings. The number of aromatic nitrogens is 1. The Morgan fingerprint density at radius 2 is 1.78 bits per heavy atom. The molecule has 23 heavy (non-hydrogen) atoms. The number of para-hydroxylation sites is 1. The van der Waals surface area contributed by atoms with Gasteiger partial charge in [0, 0.05) is 18.9 Å². The lowest BCUT2D eigenvalue weighted by Gasteiger charge is -2.27. The number of carbonyl (C=O) groups excluding carboxylic acids is 3. The highest BCUT2D eigenvalue weighted by Crippen LogP contribution is 2.24. The first-order chi connectivity index (χ1) is 11.0. The van der Waals surface area contributed by atoms with E-state index in [2.05, 4.69) is 5.32 Å². The zero-order chi connectivity index (χ0) is 16.6. The average Bonchev–Trinajstić information content (AvgIpc) is 2.90. The summed E-state index contributed by atoms with van der Waals surface area (Å²) in [6, 6.07) is 9.87. The van der Waals surface area contributed by atoms with E-state index in [1.165, 1.54) is 6.08 Å². The summed E-state index contributed by atoms with van der Waals surface area (Å²) < 4.78 is 1.78. The predicted molar refractivity (Wildman–Crippen MR) is 85.6 cm³/mol. The molecular weight excluding hydrogens is 294 g/mol. The van der Waals surface area contributed by atoms with Crippen LogP contribution in [0.4, 0.5) is 10.5 Å². The third kappa shape index (κ3) is 2.55. The van der Waals surface area contributed by atoms with E-state index in [9.17, 15) is 14.4 Å². The van der Waals surface area contributed by atoms with Crippen LogP contribution >= 0.6 is 0 Å². The van der Waals surface area contributed by atoms with Crippen molar-refractivity contribution in [2.45, 2.75) is 6.92 Å². The van der Waals surface area contributed by atoms with Crippen LogP contribution in [0.1, 0.15) is 11.3 Å². The Bertz CT molecular complexity index is 848. The number of benzene rings is 1. The molecule has 6 nitrogen and oxygen atoms in total. The molecular formula is C17H15N3O3. The SMILES string of the molecule is Cc1ccccc1N1C(=O)NC(=O)/C(=C/c2cccn2C)C1=O. The van der Waals surface area contributed by atoms with Crippen molar-refractivity contribution in [2.24, 2.45) is 7.05 Å². The summed E-state index contributed by atoms with van der Waals surface area (Å²) in [5.41, 5.74) is 1.85. The zero-order valence-corrected chi connectivity index (χ0v) is 12.7. The summed E-state index contributed by atoms with van der Waals surface area (Å²) in [5, 5.41) is 2.22. The van der Waals surface area contributed by atoms with Crippen molar-refractivity contribution in [1.82, 2.24) is 9.88 Å². The third-order valence-corrected chi connectivity index (χ3v) is 3.73. The largest absolute Gasteiger partial charge is 0.351 e. The van der Waals surface area contributed by atoms with Gasteiger partial charge in [-0.2, -0.15) is 0 Å². The van der Waals surface area contributed by atoms with Gasteiger partial charge in [0.15, 0.2) is 0 Å². The van der Waals surface area contributed by atoms with Crippen LogP contribution in [0.3, 0.4) is 0 Å². The molecule has 1 aromatic heterocycles. The van der Waals surface area contributed by atoms with Gasteiger partial charge in [-0.1, -0.05) is 18.2 Å². The van der Waals surface area contributed by atoms with Crippen molar-refractivity contribution < 1.29 is 14.4 Å². The molecule has 4 amide bonds. The van der Waals surface area contributed by atoms with Crippen molar-refractivity contribution in [3.05, 3.63) is 59.4 Å². The molecule has 1 N–H and O–H groups in total. The monoisotopic (exact) mass is 309 g/mol. The lowest BCUT2D eigenvalue weighted by atomic mass is 10.1. The lowest BCUT2D eigenvalue weighted by molar-refractivity contribution is -0.122. The number of urea groups is 1. The number of imide groups is 2. The number of hydrogen-bond acceptors (Lipinski definition) is 3. The quantitative estimate of drug-likeness (QED) is 0.681. The van der Waals surface area contributed by atoms with E-state index in [1.54, 1.807) is 35.8 Å². The van der Waals surface area contributed by atoms with Crippen LogP contribution in [0.25, 0.3) is 6.08 Å². The van der Waals surface area contributed by atoms with Gasteiger partial charge in [0.2, 0.25) is 0 Å². The van der Waals surface area contributed by atoms with E-state index in [-0.39, 0.29) is 5.57 Å². The highest BCUT2D eigenvalue weighted by Gasteiger charge is 2.37. The Morgan fingerprint density at radius 1 is 1.04 bits per heavy atom. The second-order valence-electron chi connectivity index (χ2n) is 5.29. The predicted octanol–water partition coefficient (Wildman–Crippen LogP) is 2.00. The highest BCUT2D eigenvalue weighted by atomic mass is 16.2. The summed E-state index contributed by atoms with van der Waals surface area (Å²) in [5.74, 6) is -1.32. The van der Waals surface area contributed by atoms with Crippen LogP contribution in [0.5, 0.6) is 0 Å². The topological polar surface area (TPSA) is 71.4 Å². The van der Waals surface area contributed by atoms with Gasteiger partial charge < -0.3 is 4.57 Å². The fourth-order valence-electron chi connectivity index (χ4n) is 2.46. The average molecular weight is 309 g/mol. The van der Waals surface area contributed by atoms with E-state index in [4.69, 9.17) is 0 Å². The normalized spacial score (nSPS) is 16.9. The molecule has 2 heterocycles. The van der Waals surface area contributed by atoms with E-state index in [1.807, 2.05) is 25.4 Å². The van der Waals surface area contributed by atoms with Gasteiger partial charge >= 0.3 is 6.03 Å². The summed E-state index contributed by atoms with van der Waals surface area (Å²) in [6.07, 6.45) is 3.29. The van der Waals surface area contributed by atoms with Gasteiger partial charge in [-0.05, 0) is 36.8 Å². The molecule has 3 rings (SSSR count). The van der Waals surface area contributed by atoms with Gasteiger partial charge in [0.1, 0.15) is 5.57 Å². The minimum Gasteiger partial charge on any atom is -0.351 e. The second kappa shape index (κ2) is 5.57. The van der Waals surface area contributed by atoms with E-state index in [0.717, 1.165) is 10.5 Å². The Kier molecular flexibility index (Phi) is 3.57. The van der Waals surface area contributed by atoms with Crippen LogP contribution in [-0.2, 0) is 16.6 Å². The number of nitrogens with one attached hydrogen (secondary N) is 1. The molecule has 1 aromatic carbocycles. The summed E-state index contributed by atoms with van der Waals surface area (Å²) >= 11 is 0. The Morgan fingerprint density at radius 3 is 2.43 bits per heavy atom. The number of barbiturate groups is 1. The number of aryl methyl sites for hydroxylation is 2. The van der Waals surface area contributed by atoms with Crippen LogP contribution < -0.4 is 10.2 Å². The molecule has 1 saturated heterocycles. The van der Waals surface area contributed by atoms with Gasteiger partial charge in [-0.15, -0.1) is 0 Å². The van der Waals surface area contributed by atoms with Gasteiger partial charge in [0.25, 0.3) is 11.8 Å². The van der Waals surface area contributed by atoms with E-state index >= 15 is 0 Å². The Hall–Kier alpha value is -3.15. The minimum atomic E-state index is -0.738. The summed E-state index contributed by atoms with van der Waals surface area (Å²) in [7, 11) is 1.81. The number of amides is 4. The molecule has 1 aliphatic heterocycles. The van der Waals surface area contributed by atoms with Crippen molar-refractivity contribution in [3.63, 3.8) is 0 Å². The molecule has 0 bridgehead atoms. The van der Waals surface area contributed by atoms with E-state index < -0.39 is 17.8 Å². The van der Waals surface area contributed by atoms with Gasteiger partial charge in [-0.25, -0.2) is 9.69 Å². The van der Waals surface area contributed by atoms with Crippen molar-refractivity contribution in [3.8, 4) is 0 Å². The molecule has 1 aliphatic rings. The second-order valence-corrected chi connectivity index (χ2v) is 5.29. The van der Waals surface area contributed by atoms with E-state index in [0.29, 0.717) is 11.4 Å². The maximum Gasteiger partial charge on any atom is 0.335 e. The molecule has 0 saturated carbocycles. The number of nitrogens with zero attached hydrogens (tertiary/aromatic N) is 2. The molecule has 0 spiro atoms.